The van der Waals surface area contributed by atoms with Crippen LogP contribution in [-0.4, -0.2) is 35.2 Å². The van der Waals surface area contributed by atoms with Crippen LogP contribution in [0.5, 0.6) is 0 Å². The molecule has 2 N–H and O–H groups in total. The van der Waals surface area contributed by atoms with Crippen LogP contribution in [0.1, 0.15) is 24.6 Å². The first-order valence-electron chi connectivity index (χ1n) is 6.48. The summed E-state index contributed by atoms with van der Waals surface area (Å²) in [7, 11) is -1.80. The predicted octanol–water partition coefficient (Wildman–Crippen LogP) is 2.33. The largest absolute Gasteiger partial charge is 0.385 e. The Labute approximate surface area is 133 Å². The molecule has 0 radical (unpaired) electrons. The Morgan fingerprint density at radius 3 is 2.80 bits per heavy atom. The molecular weight excluding hydrogens is 364 g/mol. The fourth-order valence-electron chi connectivity index (χ4n) is 1.57. The van der Waals surface area contributed by atoms with E-state index in [1.807, 2.05) is 6.92 Å². The van der Waals surface area contributed by atoms with Gasteiger partial charge in [-0.3, -0.25) is 0 Å². The Balaban J connectivity index is 2.60. The van der Waals surface area contributed by atoms with E-state index >= 15 is 0 Å². The van der Waals surface area contributed by atoms with Crippen molar-refractivity contribution in [3.05, 3.63) is 14.7 Å². The molecule has 0 amide bonds. The lowest BCUT2D eigenvalue weighted by Gasteiger charge is -2.05. The SMILES string of the molecule is CCNCc1cc(S(=O)(=O)NCCCCOC)c(Br)s1. The van der Waals surface area contributed by atoms with Crippen LogP contribution < -0.4 is 10.0 Å². The van der Waals surface area contributed by atoms with Gasteiger partial charge in [-0.2, -0.15) is 0 Å². The summed E-state index contributed by atoms with van der Waals surface area (Å²) < 4.78 is 32.6. The molecule has 0 saturated carbocycles. The van der Waals surface area contributed by atoms with Crippen molar-refractivity contribution >= 4 is 37.3 Å². The Bertz CT molecular complexity index is 503. The van der Waals surface area contributed by atoms with Gasteiger partial charge in [0.2, 0.25) is 10.0 Å². The maximum absolute atomic E-state index is 12.2. The third kappa shape index (κ3) is 5.79. The minimum absolute atomic E-state index is 0.321. The lowest BCUT2D eigenvalue weighted by molar-refractivity contribution is 0.193. The number of thiophene rings is 1. The van der Waals surface area contributed by atoms with Gasteiger partial charge in [-0.25, -0.2) is 13.1 Å². The second kappa shape index (κ2) is 9.11. The first-order chi connectivity index (χ1) is 9.51. The standard InChI is InChI=1S/C12H21BrN2O3S2/c1-3-14-9-10-8-11(12(13)19-10)20(16,17)15-6-4-5-7-18-2/h8,14-15H,3-7,9H2,1-2H3. The first-order valence-corrected chi connectivity index (χ1v) is 9.58. The van der Waals surface area contributed by atoms with Crippen LogP contribution in [0.25, 0.3) is 0 Å². The fourth-order valence-corrected chi connectivity index (χ4v) is 5.30. The number of unbranched alkanes of at least 4 members (excludes halogenated alkanes) is 1. The van der Waals surface area contributed by atoms with Gasteiger partial charge >= 0.3 is 0 Å². The highest BCUT2D eigenvalue weighted by Crippen LogP contribution is 2.31. The zero-order valence-electron chi connectivity index (χ0n) is 11.7. The zero-order valence-corrected chi connectivity index (χ0v) is 15.0. The normalized spacial score (nSPS) is 11.9. The Kier molecular flexibility index (Phi) is 8.23. The van der Waals surface area contributed by atoms with Gasteiger partial charge in [0.05, 0.1) is 3.79 Å². The summed E-state index contributed by atoms with van der Waals surface area (Å²) in [6, 6.07) is 1.72. The van der Waals surface area contributed by atoms with Gasteiger partial charge in [0.1, 0.15) is 4.90 Å². The lowest BCUT2D eigenvalue weighted by atomic mass is 10.3. The number of rotatable bonds is 10. The molecule has 1 rings (SSSR count). The minimum Gasteiger partial charge on any atom is -0.385 e. The summed E-state index contributed by atoms with van der Waals surface area (Å²) in [6.07, 6.45) is 1.61. The molecule has 0 unspecified atom stereocenters. The molecule has 0 atom stereocenters. The molecule has 0 aliphatic rings. The summed E-state index contributed by atoms with van der Waals surface area (Å²) in [4.78, 5) is 1.32. The van der Waals surface area contributed by atoms with Crippen molar-refractivity contribution in [3.63, 3.8) is 0 Å². The third-order valence-electron chi connectivity index (χ3n) is 2.61. The minimum atomic E-state index is -3.44. The maximum Gasteiger partial charge on any atom is 0.242 e. The Morgan fingerprint density at radius 2 is 2.15 bits per heavy atom. The molecule has 1 aromatic rings. The molecule has 0 spiro atoms. The topological polar surface area (TPSA) is 67.4 Å². The summed E-state index contributed by atoms with van der Waals surface area (Å²) in [6.45, 7) is 4.63. The Hall–Kier alpha value is 0.01000. The number of sulfonamides is 1. The molecule has 20 heavy (non-hydrogen) atoms. The number of ether oxygens (including phenoxy) is 1. The molecule has 0 fully saturated rings. The van der Waals surface area contributed by atoms with Crippen molar-refractivity contribution in [1.82, 2.24) is 10.0 Å². The van der Waals surface area contributed by atoms with Gasteiger partial charge in [0.25, 0.3) is 0 Å². The number of hydrogen-bond acceptors (Lipinski definition) is 5. The number of methoxy groups -OCH3 is 1. The van der Waals surface area contributed by atoms with Gasteiger partial charge in [0, 0.05) is 31.7 Å². The van der Waals surface area contributed by atoms with E-state index in [4.69, 9.17) is 4.74 Å². The summed E-state index contributed by atoms with van der Waals surface area (Å²) in [5, 5.41) is 3.18. The Morgan fingerprint density at radius 1 is 1.40 bits per heavy atom. The second-order valence-corrected chi connectivity index (χ2v) is 8.42. The van der Waals surface area contributed by atoms with Crippen molar-refractivity contribution in [1.29, 1.82) is 0 Å². The molecule has 116 valence electrons. The van der Waals surface area contributed by atoms with Crippen LogP contribution in [0.4, 0.5) is 0 Å². The van der Waals surface area contributed by atoms with Crippen molar-refractivity contribution in [3.8, 4) is 0 Å². The van der Waals surface area contributed by atoms with Crippen LogP contribution in [0, 0.1) is 0 Å². The fraction of sp³-hybridized carbons (Fsp3) is 0.667. The van der Waals surface area contributed by atoms with Gasteiger partial charge in [0.15, 0.2) is 0 Å². The highest BCUT2D eigenvalue weighted by Gasteiger charge is 2.20. The second-order valence-electron chi connectivity index (χ2n) is 4.23. The predicted molar refractivity (Wildman–Crippen MR) is 85.7 cm³/mol. The van der Waals surface area contributed by atoms with E-state index in [9.17, 15) is 8.42 Å². The highest BCUT2D eigenvalue weighted by atomic mass is 79.9. The average Bonchev–Trinajstić information content (AvgIpc) is 2.78. The third-order valence-corrected chi connectivity index (χ3v) is 6.33. The van der Waals surface area contributed by atoms with Crippen molar-refractivity contribution in [2.75, 3.05) is 26.8 Å². The molecule has 8 heteroatoms. The summed E-state index contributed by atoms with van der Waals surface area (Å²) >= 11 is 4.77. The lowest BCUT2D eigenvalue weighted by Crippen LogP contribution is -2.25. The van der Waals surface area contributed by atoms with Gasteiger partial charge < -0.3 is 10.1 Å². The molecule has 0 aliphatic heterocycles. The van der Waals surface area contributed by atoms with Gasteiger partial charge in [-0.1, -0.05) is 6.92 Å². The molecule has 0 aliphatic carbocycles. The number of nitrogens with one attached hydrogen (secondary N) is 2. The van der Waals surface area contributed by atoms with Crippen molar-refractivity contribution < 1.29 is 13.2 Å². The molecule has 5 nitrogen and oxygen atoms in total. The van der Waals surface area contributed by atoms with Crippen LogP contribution >= 0.6 is 27.3 Å². The van der Waals surface area contributed by atoms with Crippen molar-refractivity contribution in [2.24, 2.45) is 0 Å². The molecule has 0 saturated heterocycles. The summed E-state index contributed by atoms with van der Waals surface area (Å²) in [5.41, 5.74) is 0. The van der Waals surface area contributed by atoms with Crippen LogP contribution in [0.3, 0.4) is 0 Å². The zero-order chi connectivity index (χ0) is 15.0. The van der Waals surface area contributed by atoms with E-state index in [1.54, 1.807) is 13.2 Å². The van der Waals surface area contributed by atoms with Crippen LogP contribution in [0.15, 0.2) is 14.7 Å². The molecule has 0 aromatic carbocycles. The monoisotopic (exact) mass is 384 g/mol. The van der Waals surface area contributed by atoms with E-state index in [-0.39, 0.29) is 0 Å². The molecule has 0 bridgehead atoms. The van der Waals surface area contributed by atoms with Crippen LogP contribution in [0.2, 0.25) is 0 Å². The van der Waals surface area contributed by atoms with Crippen LogP contribution in [-0.2, 0) is 21.3 Å². The number of halogens is 1. The number of hydrogen-bond donors (Lipinski definition) is 2. The van der Waals surface area contributed by atoms with E-state index in [0.29, 0.717) is 28.4 Å². The molecule has 1 heterocycles. The van der Waals surface area contributed by atoms with E-state index < -0.39 is 10.0 Å². The van der Waals surface area contributed by atoms with E-state index in [2.05, 4.69) is 26.0 Å². The quantitative estimate of drug-likeness (QED) is 0.607. The van der Waals surface area contributed by atoms with Gasteiger partial charge in [-0.05, 0) is 41.4 Å². The highest BCUT2D eigenvalue weighted by molar-refractivity contribution is 9.11. The maximum atomic E-state index is 12.2. The van der Waals surface area contributed by atoms with Gasteiger partial charge in [-0.15, -0.1) is 11.3 Å². The average molecular weight is 385 g/mol. The molecule has 1 aromatic heterocycles. The van der Waals surface area contributed by atoms with E-state index in [0.717, 1.165) is 24.3 Å². The first kappa shape index (κ1) is 18.1. The van der Waals surface area contributed by atoms with E-state index in [1.165, 1.54) is 11.3 Å². The van der Waals surface area contributed by atoms with Crippen molar-refractivity contribution in [2.45, 2.75) is 31.2 Å². The smallest absolute Gasteiger partial charge is 0.242 e. The molecular formula is C12H21BrN2O3S2. The summed E-state index contributed by atoms with van der Waals surface area (Å²) in [5.74, 6) is 0.